The summed E-state index contributed by atoms with van der Waals surface area (Å²) in [6, 6.07) is 14.8. The minimum Gasteiger partial charge on any atom is -0.494 e. The van der Waals surface area contributed by atoms with Crippen LogP contribution in [0.3, 0.4) is 0 Å². The zero-order chi connectivity index (χ0) is 15.8. The fourth-order valence-corrected chi connectivity index (χ4v) is 2.36. The number of amides is 1. The Kier molecular flexibility index (Phi) is 6.56. The van der Waals surface area contributed by atoms with Crippen LogP contribution in [-0.2, 0) is 11.3 Å². The summed E-state index contributed by atoms with van der Waals surface area (Å²) >= 11 is 11.9. The normalized spacial score (nSPS) is 10.3. The lowest BCUT2D eigenvalue weighted by atomic mass is 10.2. The van der Waals surface area contributed by atoms with Crippen molar-refractivity contribution < 1.29 is 9.53 Å². The van der Waals surface area contributed by atoms with Crippen molar-refractivity contribution in [1.82, 2.24) is 5.32 Å². The van der Waals surface area contributed by atoms with Gasteiger partial charge in [-0.05, 0) is 36.2 Å². The molecule has 1 amide bonds. The van der Waals surface area contributed by atoms with Gasteiger partial charge in [0.2, 0.25) is 5.91 Å². The van der Waals surface area contributed by atoms with Gasteiger partial charge < -0.3 is 10.1 Å². The predicted octanol–water partition coefficient (Wildman–Crippen LogP) is 4.47. The number of halogens is 2. The van der Waals surface area contributed by atoms with Crippen LogP contribution in [0.2, 0.25) is 10.0 Å². The van der Waals surface area contributed by atoms with E-state index < -0.39 is 0 Å². The first-order valence-electron chi connectivity index (χ1n) is 7.03. The van der Waals surface area contributed by atoms with E-state index >= 15 is 0 Å². The molecule has 5 heteroatoms. The summed E-state index contributed by atoms with van der Waals surface area (Å²) in [5.74, 6) is 0.790. The lowest BCUT2D eigenvalue weighted by Crippen LogP contribution is -2.23. The van der Waals surface area contributed by atoms with Crippen molar-refractivity contribution in [3.63, 3.8) is 0 Å². The molecule has 0 heterocycles. The SMILES string of the molecule is O=C(CCCOc1ccccc1)NCc1ccc(Cl)cc1Cl. The molecular weight excluding hydrogens is 321 g/mol. The van der Waals surface area contributed by atoms with Gasteiger partial charge in [-0.2, -0.15) is 0 Å². The lowest BCUT2D eigenvalue weighted by molar-refractivity contribution is -0.121. The molecule has 3 nitrogen and oxygen atoms in total. The minimum atomic E-state index is -0.0253. The molecule has 0 unspecified atom stereocenters. The van der Waals surface area contributed by atoms with E-state index in [0.29, 0.717) is 36.0 Å². The Morgan fingerprint density at radius 2 is 1.86 bits per heavy atom. The number of carbonyl (C=O) groups excluding carboxylic acids is 1. The fraction of sp³-hybridized carbons (Fsp3) is 0.235. The van der Waals surface area contributed by atoms with E-state index in [9.17, 15) is 4.79 Å². The predicted molar refractivity (Wildman–Crippen MR) is 89.5 cm³/mol. The second-order valence-corrected chi connectivity index (χ2v) is 5.62. The Balaban J connectivity index is 1.65. The van der Waals surface area contributed by atoms with E-state index in [1.165, 1.54) is 0 Å². The smallest absolute Gasteiger partial charge is 0.220 e. The number of carbonyl (C=O) groups is 1. The topological polar surface area (TPSA) is 38.3 Å². The summed E-state index contributed by atoms with van der Waals surface area (Å²) in [6.45, 7) is 0.910. The monoisotopic (exact) mass is 337 g/mol. The molecular formula is C17H17Cl2NO2. The van der Waals surface area contributed by atoms with Gasteiger partial charge >= 0.3 is 0 Å². The molecule has 116 valence electrons. The van der Waals surface area contributed by atoms with Gasteiger partial charge in [0.15, 0.2) is 0 Å². The van der Waals surface area contributed by atoms with Crippen molar-refractivity contribution in [3.8, 4) is 5.75 Å². The summed E-state index contributed by atoms with van der Waals surface area (Å²) in [4.78, 5) is 11.8. The largest absolute Gasteiger partial charge is 0.494 e. The number of para-hydroxylation sites is 1. The van der Waals surface area contributed by atoms with Gasteiger partial charge in [-0.15, -0.1) is 0 Å². The van der Waals surface area contributed by atoms with Crippen LogP contribution in [0.5, 0.6) is 5.75 Å². The Bertz CT molecular complexity index is 617. The maximum absolute atomic E-state index is 11.8. The Labute approximate surface area is 140 Å². The third kappa shape index (κ3) is 5.58. The summed E-state index contributed by atoms with van der Waals surface area (Å²) in [5.41, 5.74) is 0.847. The van der Waals surface area contributed by atoms with Crippen LogP contribution in [0.1, 0.15) is 18.4 Å². The Hall–Kier alpha value is -1.71. The molecule has 0 spiro atoms. The molecule has 0 aliphatic rings. The first-order chi connectivity index (χ1) is 10.6. The van der Waals surface area contributed by atoms with Crippen LogP contribution in [0.4, 0.5) is 0 Å². The van der Waals surface area contributed by atoms with Crippen LogP contribution < -0.4 is 10.1 Å². The highest BCUT2D eigenvalue weighted by atomic mass is 35.5. The van der Waals surface area contributed by atoms with E-state index in [0.717, 1.165) is 11.3 Å². The first kappa shape index (κ1) is 16.7. The molecule has 0 radical (unpaired) electrons. The van der Waals surface area contributed by atoms with Crippen LogP contribution in [0.25, 0.3) is 0 Å². The number of hydrogen-bond acceptors (Lipinski definition) is 2. The number of nitrogens with one attached hydrogen (secondary N) is 1. The van der Waals surface area contributed by atoms with E-state index in [-0.39, 0.29) is 5.91 Å². The van der Waals surface area contributed by atoms with Crippen LogP contribution in [-0.4, -0.2) is 12.5 Å². The third-order valence-electron chi connectivity index (χ3n) is 3.05. The average Bonchev–Trinajstić information content (AvgIpc) is 2.52. The number of hydrogen-bond donors (Lipinski definition) is 1. The molecule has 0 aliphatic heterocycles. The number of benzene rings is 2. The summed E-state index contributed by atoms with van der Waals surface area (Å²) in [7, 11) is 0. The van der Waals surface area contributed by atoms with Gasteiger partial charge in [0.1, 0.15) is 5.75 Å². The van der Waals surface area contributed by atoms with Crippen molar-refractivity contribution in [1.29, 1.82) is 0 Å². The van der Waals surface area contributed by atoms with Gasteiger partial charge in [-0.3, -0.25) is 4.79 Å². The fourth-order valence-electron chi connectivity index (χ4n) is 1.89. The highest BCUT2D eigenvalue weighted by Gasteiger charge is 2.05. The van der Waals surface area contributed by atoms with Crippen molar-refractivity contribution in [2.24, 2.45) is 0 Å². The molecule has 1 N–H and O–H groups in total. The lowest BCUT2D eigenvalue weighted by Gasteiger charge is -2.08. The van der Waals surface area contributed by atoms with E-state index in [1.54, 1.807) is 12.1 Å². The standard InChI is InChI=1S/C17H17Cl2NO2/c18-14-9-8-13(16(19)11-14)12-20-17(21)7-4-10-22-15-5-2-1-3-6-15/h1-3,5-6,8-9,11H,4,7,10,12H2,(H,20,21). The van der Waals surface area contributed by atoms with E-state index in [2.05, 4.69) is 5.32 Å². The Morgan fingerprint density at radius 3 is 2.59 bits per heavy atom. The molecule has 2 aromatic rings. The Morgan fingerprint density at radius 1 is 1.09 bits per heavy atom. The summed E-state index contributed by atoms with van der Waals surface area (Å²) in [6.07, 6.45) is 1.08. The van der Waals surface area contributed by atoms with Gasteiger partial charge in [0.25, 0.3) is 0 Å². The minimum absolute atomic E-state index is 0.0253. The van der Waals surface area contributed by atoms with E-state index in [4.69, 9.17) is 27.9 Å². The number of rotatable bonds is 7. The molecule has 2 rings (SSSR count). The summed E-state index contributed by atoms with van der Waals surface area (Å²) < 4.78 is 5.54. The maximum atomic E-state index is 11.8. The van der Waals surface area contributed by atoms with Crippen LogP contribution in [0.15, 0.2) is 48.5 Å². The molecule has 0 fully saturated rings. The van der Waals surface area contributed by atoms with Gasteiger partial charge in [0, 0.05) is 23.0 Å². The zero-order valence-electron chi connectivity index (χ0n) is 12.0. The molecule has 0 aromatic heterocycles. The molecule has 0 bridgehead atoms. The van der Waals surface area contributed by atoms with Gasteiger partial charge in [-0.1, -0.05) is 47.5 Å². The highest BCUT2D eigenvalue weighted by molar-refractivity contribution is 6.35. The van der Waals surface area contributed by atoms with Gasteiger partial charge in [0.05, 0.1) is 6.61 Å². The van der Waals surface area contributed by atoms with Crippen LogP contribution >= 0.6 is 23.2 Å². The van der Waals surface area contributed by atoms with Crippen LogP contribution in [0, 0.1) is 0 Å². The third-order valence-corrected chi connectivity index (χ3v) is 3.64. The molecule has 0 atom stereocenters. The quantitative estimate of drug-likeness (QED) is 0.757. The van der Waals surface area contributed by atoms with Gasteiger partial charge in [-0.25, -0.2) is 0 Å². The molecule has 0 aliphatic carbocycles. The molecule has 0 saturated heterocycles. The van der Waals surface area contributed by atoms with Crippen molar-refractivity contribution in [2.45, 2.75) is 19.4 Å². The molecule has 0 saturated carbocycles. The maximum Gasteiger partial charge on any atom is 0.220 e. The molecule has 22 heavy (non-hydrogen) atoms. The zero-order valence-corrected chi connectivity index (χ0v) is 13.5. The first-order valence-corrected chi connectivity index (χ1v) is 7.79. The van der Waals surface area contributed by atoms with Crippen molar-refractivity contribution in [2.75, 3.05) is 6.61 Å². The second kappa shape index (κ2) is 8.66. The number of ether oxygens (including phenoxy) is 1. The van der Waals surface area contributed by atoms with Crippen molar-refractivity contribution in [3.05, 3.63) is 64.1 Å². The second-order valence-electron chi connectivity index (χ2n) is 4.78. The van der Waals surface area contributed by atoms with E-state index in [1.807, 2.05) is 36.4 Å². The highest BCUT2D eigenvalue weighted by Crippen LogP contribution is 2.20. The molecule has 2 aromatic carbocycles. The summed E-state index contributed by atoms with van der Waals surface area (Å²) in [5, 5.41) is 3.97. The average molecular weight is 338 g/mol. The van der Waals surface area contributed by atoms with Crippen molar-refractivity contribution >= 4 is 29.1 Å².